The molecule has 0 spiro atoms. The summed E-state index contributed by atoms with van der Waals surface area (Å²) < 4.78 is 32.4. The number of carbonyl (C=O) groups is 2. The molecule has 1 aliphatic heterocycles. The van der Waals surface area contributed by atoms with Crippen LogP contribution in [0.3, 0.4) is 0 Å². The number of ether oxygens (including phenoxy) is 1. The molecule has 184 valence electrons. The van der Waals surface area contributed by atoms with Gasteiger partial charge in [0.1, 0.15) is 11.8 Å². The Morgan fingerprint density at radius 1 is 1.00 bits per heavy atom. The number of anilines is 1. The molecule has 0 aliphatic carbocycles. The minimum absolute atomic E-state index is 0.164. The molecule has 2 amide bonds. The summed E-state index contributed by atoms with van der Waals surface area (Å²) in [5.41, 5.74) is 0.876. The molecule has 0 radical (unpaired) electrons. The topological polar surface area (TPSA) is 105 Å². The maximum atomic E-state index is 12.9. The molecule has 1 fully saturated rings. The summed E-state index contributed by atoms with van der Waals surface area (Å²) in [6, 6.07) is 12.0. The maximum absolute atomic E-state index is 12.9. The van der Waals surface area contributed by atoms with Crippen LogP contribution in [0, 0.1) is 11.8 Å². The zero-order chi connectivity index (χ0) is 24.9. The lowest BCUT2D eigenvalue weighted by molar-refractivity contribution is -0.118. The number of piperidine rings is 1. The van der Waals surface area contributed by atoms with Gasteiger partial charge < -0.3 is 15.4 Å². The summed E-state index contributed by atoms with van der Waals surface area (Å²) in [4.78, 5) is 25.7. The second kappa shape index (κ2) is 11.0. The third kappa shape index (κ3) is 6.15. The van der Waals surface area contributed by atoms with Gasteiger partial charge in [-0.05, 0) is 73.2 Å². The van der Waals surface area contributed by atoms with E-state index < -0.39 is 16.1 Å². The first-order valence-electron chi connectivity index (χ1n) is 11.5. The number of hydrogen-bond acceptors (Lipinski definition) is 5. The van der Waals surface area contributed by atoms with E-state index in [-0.39, 0.29) is 22.6 Å². The Kier molecular flexibility index (Phi) is 8.33. The highest BCUT2D eigenvalue weighted by atomic mass is 32.2. The van der Waals surface area contributed by atoms with Gasteiger partial charge in [0.05, 0.1) is 12.0 Å². The van der Waals surface area contributed by atoms with Crippen molar-refractivity contribution in [1.29, 1.82) is 0 Å². The smallest absolute Gasteiger partial charge is 0.251 e. The van der Waals surface area contributed by atoms with E-state index in [1.807, 2.05) is 13.8 Å². The highest BCUT2D eigenvalue weighted by molar-refractivity contribution is 7.89. The lowest BCUT2D eigenvalue weighted by Gasteiger charge is -2.29. The average molecular weight is 488 g/mol. The minimum Gasteiger partial charge on any atom is -0.497 e. The van der Waals surface area contributed by atoms with Gasteiger partial charge in [-0.2, -0.15) is 4.31 Å². The summed E-state index contributed by atoms with van der Waals surface area (Å²) >= 11 is 0. The molecule has 0 saturated carbocycles. The van der Waals surface area contributed by atoms with E-state index in [9.17, 15) is 18.0 Å². The third-order valence-corrected chi connectivity index (χ3v) is 8.00. The summed E-state index contributed by atoms with van der Waals surface area (Å²) in [5.74, 6) is 0.257. The lowest BCUT2D eigenvalue weighted by Crippen LogP contribution is -2.47. The van der Waals surface area contributed by atoms with E-state index in [4.69, 9.17) is 4.74 Å². The monoisotopic (exact) mass is 487 g/mol. The number of methoxy groups -OCH3 is 1. The van der Waals surface area contributed by atoms with Crippen molar-refractivity contribution in [2.45, 2.75) is 44.6 Å². The van der Waals surface area contributed by atoms with Crippen LogP contribution in [-0.4, -0.2) is 50.8 Å². The van der Waals surface area contributed by atoms with Crippen LogP contribution in [0.4, 0.5) is 5.69 Å². The Balaban J connectivity index is 1.66. The molecule has 2 N–H and O–H groups in total. The summed E-state index contributed by atoms with van der Waals surface area (Å²) in [7, 11) is -2.01. The van der Waals surface area contributed by atoms with Crippen molar-refractivity contribution in [3.8, 4) is 5.75 Å². The molecular formula is C25H33N3O5S. The van der Waals surface area contributed by atoms with E-state index in [1.54, 1.807) is 43.5 Å². The first-order valence-corrected chi connectivity index (χ1v) is 12.9. The number of carbonyl (C=O) groups excluding carboxylic acids is 2. The van der Waals surface area contributed by atoms with E-state index in [1.165, 1.54) is 16.4 Å². The fraction of sp³-hybridized carbons (Fsp3) is 0.440. The normalized spacial score (nSPS) is 16.1. The molecule has 1 aliphatic rings. The lowest BCUT2D eigenvalue weighted by atomic mass is 10.0. The quantitative estimate of drug-likeness (QED) is 0.593. The van der Waals surface area contributed by atoms with Crippen LogP contribution in [0.1, 0.15) is 44.0 Å². The molecule has 0 bridgehead atoms. The van der Waals surface area contributed by atoms with Crippen LogP contribution in [0.25, 0.3) is 0 Å². The van der Waals surface area contributed by atoms with Gasteiger partial charge in [0.25, 0.3) is 5.91 Å². The molecule has 2 aromatic rings. The predicted molar refractivity (Wildman–Crippen MR) is 131 cm³/mol. The Bertz CT molecular complexity index is 1090. The number of nitrogens with one attached hydrogen (secondary N) is 2. The molecule has 2 aromatic carbocycles. The Hall–Kier alpha value is -2.91. The average Bonchev–Trinajstić information content (AvgIpc) is 2.82. The molecule has 1 saturated heterocycles. The number of rotatable bonds is 8. The van der Waals surface area contributed by atoms with Crippen LogP contribution < -0.4 is 15.4 Å². The van der Waals surface area contributed by atoms with Gasteiger partial charge in [-0.15, -0.1) is 0 Å². The standard InChI is InChI=1S/C25H33N3O5S/c1-17(2)23(27-24(29)19-5-9-21(33-4)10-6-19)25(30)26-20-7-11-22(12-8-20)34(31,32)28-15-13-18(3)14-16-28/h5-12,17-18,23H,13-16H2,1-4H3,(H,26,30)(H,27,29). The first kappa shape index (κ1) is 25.7. The van der Waals surface area contributed by atoms with Crippen molar-refractivity contribution < 1.29 is 22.7 Å². The second-order valence-electron chi connectivity index (χ2n) is 9.02. The summed E-state index contributed by atoms with van der Waals surface area (Å²) in [6.45, 7) is 6.85. The highest BCUT2D eigenvalue weighted by Crippen LogP contribution is 2.24. The number of nitrogens with zero attached hydrogens (tertiary/aromatic N) is 1. The second-order valence-corrected chi connectivity index (χ2v) is 11.0. The van der Waals surface area contributed by atoms with Crippen LogP contribution in [0.5, 0.6) is 5.75 Å². The number of sulfonamides is 1. The van der Waals surface area contributed by atoms with Crippen LogP contribution >= 0.6 is 0 Å². The fourth-order valence-corrected chi connectivity index (χ4v) is 5.28. The van der Waals surface area contributed by atoms with E-state index in [2.05, 4.69) is 17.6 Å². The minimum atomic E-state index is -3.56. The first-order chi connectivity index (χ1) is 16.1. The Morgan fingerprint density at radius 3 is 2.12 bits per heavy atom. The van der Waals surface area contributed by atoms with Crippen LogP contribution in [-0.2, 0) is 14.8 Å². The molecule has 1 unspecified atom stereocenters. The SMILES string of the molecule is COc1ccc(C(=O)NC(C(=O)Nc2ccc(S(=O)(=O)N3CCC(C)CC3)cc2)C(C)C)cc1. The molecule has 34 heavy (non-hydrogen) atoms. The molecule has 9 heteroatoms. The van der Waals surface area contributed by atoms with Crippen molar-refractivity contribution in [3.05, 3.63) is 54.1 Å². The van der Waals surface area contributed by atoms with Crippen molar-refractivity contribution in [2.75, 3.05) is 25.5 Å². The van der Waals surface area contributed by atoms with E-state index in [0.29, 0.717) is 36.0 Å². The third-order valence-electron chi connectivity index (χ3n) is 6.09. The van der Waals surface area contributed by atoms with Crippen molar-refractivity contribution >= 4 is 27.5 Å². The number of hydrogen-bond donors (Lipinski definition) is 2. The van der Waals surface area contributed by atoms with E-state index >= 15 is 0 Å². The molecule has 1 atom stereocenters. The number of benzene rings is 2. The summed E-state index contributed by atoms with van der Waals surface area (Å²) in [6.07, 6.45) is 1.71. The molecule has 3 rings (SSSR count). The van der Waals surface area contributed by atoms with Gasteiger partial charge in [-0.3, -0.25) is 9.59 Å². The van der Waals surface area contributed by atoms with E-state index in [0.717, 1.165) is 12.8 Å². The van der Waals surface area contributed by atoms with Gasteiger partial charge in [0.15, 0.2) is 0 Å². The maximum Gasteiger partial charge on any atom is 0.251 e. The summed E-state index contributed by atoms with van der Waals surface area (Å²) in [5, 5.41) is 5.56. The zero-order valence-electron chi connectivity index (χ0n) is 20.1. The van der Waals surface area contributed by atoms with Crippen molar-refractivity contribution in [2.24, 2.45) is 11.8 Å². The van der Waals surface area contributed by atoms with Crippen LogP contribution in [0.15, 0.2) is 53.4 Å². The largest absolute Gasteiger partial charge is 0.497 e. The Morgan fingerprint density at radius 2 is 1.59 bits per heavy atom. The van der Waals surface area contributed by atoms with Gasteiger partial charge in [0.2, 0.25) is 15.9 Å². The molecule has 1 heterocycles. The predicted octanol–water partition coefficient (Wildman–Crippen LogP) is 3.51. The van der Waals surface area contributed by atoms with Gasteiger partial charge in [0, 0.05) is 24.3 Å². The molecular weight excluding hydrogens is 454 g/mol. The highest BCUT2D eigenvalue weighted by Gasteiger charge is 2.28. The molecule has 8 nitrogen and oxygen atoms in total. The van der Waals surface area contributed by atoms with Gasteiger partial charge >= 0.3 is 0 Å². The number of amides is 2. The van der Waals surface area contributed by atoms with Gasteiger partial charge in [-0.1, -0.05) is 20.8 Å². The van der Waals surface area contributed by atoms with Gasteiger partial charge in [-0.25, -0.2) is 8.42 Å². The molecule has 0 aromatic heterocycles. The zero-order valence-corrected chi connectivity index (χ0v) is 20.9. The van der Waals surface area contributed by atoms with Crippen molar-refractivity contribution in [1.82, 2.24) is 9.62 Å². The Labute approximate surface area is 201 Å². The fourth-order valence-electron chi connectivity index (χ4n) is 3.81. The van der Waals surface area contributed by atoms with Crippen LogP contribution in [0.2, 0.25) is 0 Å². The van der Waals surface area contributed by atoms with Crippen molar-refractivity contribution in [3.63, 3.8) is 0 Å².